The maximum Gasteiger partial charge on any atom is 0.275 e. The Kier molecular flexibility index (Phi) is 5.63. The van der Waals surface area contributed by atoms with Crippen molar-refractivity contribution in [3.8, 4) is 11.5 Å². The number of hydroxylamine groups is 1. The number of methoxy groups -OCH3 is 2. The summed E-state index contributed by atoms with van der Waals surface area (Å²) in [6.45, 7) is 6.34. The first kappa shape index (κ1) is 15.3. The number of nitrogens with one attached hydrogen (secondary N) is 1. The van der Waals surface area contributed by atoms with E-state index in [9.17, 15) is 4.79 Å². The quantitative estimate of drug-likeness (QED) is 0.804. The van der Waals surface area contributed by atoms with Gasteiger partial charge in [-0.15, -0.1) is 0 Å². The first-order valence-electron chi connectivity index (χ1n) is 6.14. The maximum absolute atomic E-state index is 11.9. The highest BCUT2D eigenvalue weighted by molar-refractivity contribution is 5.94. The first-order chi connectivity index (χ1) is 8.99. The summed E-state index contributed by atoms with van der Waals surface area (Å²) in [5.74, 6) is 1.24. The normalized spacial score (nSPS) is 10.4. The minimum atomic E-state index is -0.322. The third-order valence-electron chi connectivity index (χ3n) is 2.60. The van der Waals surface area contributed by atoms with Gasteiger partial charge in [-0.25, -0.2) is 5.48 Å². The molecule has 1 N–H and O–H groups in total. The Balaban J connectivity index is 2.85. The van der Waals surface area contributed by atoms with Gasteiger partial charge in [-0.3, -0.25) is 9.63 Å². The SMILES string of the molecule is COc1cc(C(=O)NOCC(C)C)cc(OC)c1C. The number of hydrogen-bond acceptors (Lipinski definition) is 4. The van der Waals surface area contributed by atoms with Gasteiger partial charge in [-0.1, -0.05) is 13.8 Å². The van der Waals surface area contributed by atoms with E-state index in [-0.39, 0.29) is 5.91 Å². The minimum Gasteiger partial charge on any atom is -0.496 e. The third kappa shape index (κ3) is 4.13. The zero-order chi connectivity index (χ0) is 14.4. The Labute approximate surface area is 113 Å². The molecule has 0 atom stereocenters. The Morgan fingerprint density at radius 1 is 1.21 bits per heavy atom. The zero-order valence-corrected chi connectivity index (χ0v) is 12.1. The van der Waals surface area contributed by atoms with E-state index < -0.39 is 0 Å². The smallest absolute Gasteiger partial charge is 0.275 e. The lowest BCUT2D eigenvalue weighted by Crippen LogP contribution is -2.25. The van der Waals surface area contributed by atoms with E-state index in [1.54, 1.807) is 26.4 Å². The fraction of sp³-hybridized carbons (Fsp3) is 0.500. The van der Waals surface area contributed by atoms with E-state index >= 15 is 0 Å². The summed E-state index contributed by atoms with van der Waals surface area (Å²) in [4.78, 5) is 17.0. The van der Waals surface area contributed by atoms with Gasteiger partial charge in [-0.2, -0.15) is 0 Å². The molecule has 0 heterocycles. The Bertz CT molecular complexity index is 418. The molecular formula is C14H21NO4. The molecule has 0 unspecified atom stereocenters. The molecule has 5 nitrogen and oxygen atoms in total. The van der Waals surface area contributed by atoms with Crippen LogP contribution in [0.5, 0.6) is 11.5 Å². The van der Waals surface area contributed by atoms with Crippen molar-refractivity contribution in [1.82, 2.24) is 5.48 Å². The molecule has 0 aliphatic carbocycles. The van der Waals surface area contributed by atoms with E-state index in [2.05, 4.69) is 5.48 Å². The number of ether oxygens (including phenoxy) is 2. The van der Waals surface area contributed by atoms with Crippen molar-refractivity contribution in [2.24, 2.45) is 5.92 Å². The van der Waals surface area contributed by atoms with Gasteiger partial charge in [-0.05, 0) is 25.0 Å². The molecule has 1 rings (SSSR count). The van der Waals surface area contributed by atoms with Crippen molar-refractivity contribution in [3.05, 3.63) is 23.3 Å². The van der Waals surface area contributed by atoms with E-state index in [1.165, 1.54) is 0 Å². The van der Waals surface area contributed by atoms with E-state index in [1.807, 2.05) is 20.8 Å². The number of amides is 1. The number of benzene rings is 1. The third-order valence-corrected chi connectivity index (χ3v) is 2.60. The van der Waals surface area contributed by atoms with E-state index in [0.717, 1.165) is 5.56 Å². The number of rotatable bonds is 6. The lowest BCUT2D eigenvalue weighted by Gasteiger charge is -2.13. The Hall–Kier alpha value is -1.75. The summed E-state index contributed by atoms with van der Waals surface area (Å²) in [7, 11) is 3.11. The van der Waals surface area contributed by atoms with Crippen LogP contribution in [0.15, 0.2) is 12.1 Å². The van der Waals surface area contributed by atoms with Crippen LogP contribution >= 0.6 is 0 Å². The van der Waals surface area contributed by atoms with Gasteiger partial charge < -0.3 is 9.47 Å². The summed E-state index contributed by atoms with van der Waals surface area (Å²) >= 11 is 0. The molecule has 0 aliphatic heterocycles. The molecule has 1 aromatic carbocycles. The van der Waals surface area contributed by atoms with Gasteiger partial charge in [0.25, 0.3) is 5.91 Å². The minimum absolute atomic E-state index is 0.322. The number of hydrogen-bond donors (Lipinski definition) is 1. The number of carbonyl (C=O) groups excluding carboxylic acids is 1. The van der Waals surface area contributed by atoms with Crippen LogP contribution in [0.25, 0.3) is 0 Å². The van der Waals surface area contributed by atoms with E-state index in [0.29, 0.717) is 29.6 Å². The maximum atomic E-state index is 11.9. The lowest BCUT2D eigenvalue weighted by atomic mass is 10.1. The fourth-order valence-corrected chi connectivity index (χ4v) is 1.55. The predicted molar refractivity (Wildman–Crippen MR) is 72.5 cm³/mol. The van der Waals surface area contributed by atoms with Crippen LogP contribution in [-0.4, -0.2) is 26.7 Å². The standard InChI is InChI=1S/C14H21NO4/c1-9(2)8-19-15-14(16)11-6-12(17-4)10(3)13(7-11)18-5/h6-7,9H,8H2,1-5H3,(H,15,16). The molecule has 1 amide bonds. The molecule has 0 aliphatic rings. The number of carbonyl (C=O) groups is 1. The monoisotopic (exact) mass is 267 g/mol. The van der Waals surface area contributed by atoms with Crippen LogP contribution in [0, 0.1) is 12.8 Å². The predicted octanol–water partition coefficient (Wildman–Crippen LogP) is 2.33. The zero-order valence-electron chi connectivity index (χ0n) is 12.1. The molecule has 0 radical (unpaired) electrons. The van der Waals surface area contributed by atoms with Crippen LogP contribution in [0.3, 0.4) is 0 Å². The molecule has 0 bridgehead atoms. The molecule has 0 spiro atoms. The largest absolute Gasteiger partial charge is 0.496 e. The van der Waals surface area contributed by atoms with Crippen molar-refractivity contribution >= 4 is 5.91 Å². The van der Waals surface area contributed by atoms with Gasteiger partial charge in [0.1, 0.15) is 11.5 Å². The molecule has 0 saturated carbocycles. The van der Waals surface area contributed by atoms with Crippen molar-refractivity contribution < 1.29 is 19.1 Å². The highest BCUT2D eigenvalue weighted by Gasteiger charge is 2.13. The highest BCUT2D eigenvalue weighted by atomic mass is 16.6. The van der Waals surface area contributed by atoms with E-state index in [4.69, 9.17) is 14.3 Å². The van der Waals surface area contributed by atoms with Crippen LogP contribution < -0.4 is 15.0 Å². The summed E-state index contributed by atoms with van der Waals surface area (Å²) in [5.41, 5.74) is 3.69. The van der Waals surface area contributed by atoms with Crippen molar-refractivity contribution in [1.29, 1.82) is 0 Å². The van der Waals surface area contributed by atoms with Gasteiger partial charge in [0.15, 0.2) is 0 Å². The first-order valence-corrected chi connectivity index (χ1v) is 6.14. The summed E-state index contributed by atoms with van der Waals surface area (Å²) in [6.07, 6.45) is 0. The van der Waals surface area contributed by atoms with Crippen molar-refractivity contribution in [2.75, 3.05) is 20.8 Å². The summed E-state index contributed by atoms with van der Waals surface area (Å²) in [5, 5.41) is 0. The van der Waals surface area contributed by atoms with Crippen molar-refractivity contribution in [3.63, 3.8) is 0 Å². The van der Waals surface area contributed by atoms with Crippen LogP contribution in [0.2, 0.25) is 0 Å². The average molecular weight is 267 g/mol. The Morgan fingerprint density at radius 2 is 1.74 bits per heavy atom. The summed E-state index contributed by atoms with van der Waals surface area (Å²) < 4.78 is 10.4. The molecule has 106 valence electrons. The summed E-state index contributed by atoms with van der Waals surface area (Å²) in [6, 6.07) is 3.32. The Morgan fingerprint density at radius 3 is 2.16 bits per heavy atom. The lowest BCUT2D eigenvalue weighted by molar-refractivity contribution is 0.0208. The van der Waals surface area contributed by atoms with Crippen LogP contribution in [-0.2, 0) is 4.84 Å². The molecule has 19 heavy (non-hydrogen) atoms. The molecule has 0 aromatic heterocycles. The van der Waals surface area contributed by atoms with Crippen LogP contribution in [0.4, 0.5) is 0 Å². The van der Waals surface area contributed by atoms with Gasteiger partial charge >= 0.3 is 0 Å². The molecular weight excluding hydrogens is 246 g/mol. The molecule has 1 aromatic rings. The van der Waals surface area contributed by atoms with Crippen LogP contribution in [0.1, 0.15) is 29.8 Å². The second-order valence-corrected chi connectivity index (χ2v) is 4.64. The van der Waals surface area contributed by atoms with Gasteiger partial charge in [0.2, 0.25) is 0 Å². The molecule has 0 saturated heterocycles. The van der Waals surface area contributed by atoms with Gasteiger partial charge in [0.05, 0.1) is 20.8 Å². The van der Waals surface area contributed by atoms with Crippen molar-refractivity contribution in [2.45, 2.75) is 20.8 Å². The average Bonchev–Trinajstić information content (AvgIpc) is 2.38. The topological polar surface area (TPSA) is 56.8 Å². The fourth-order valence-electron chi connectivity index (χ4n) is 1.55. The molecule has 0 fully saturated rings. The second-order valence-electron chi connectivity index (χ2n) is 4.64. The van der Waals surface area contributed by atoms with Gasteiger partial charge in [0, 0.05) is 11.1 Å². The highest BCUT2D eigenvalue weighted by Crippen LogP contribution is 2.29. The second kappa shape index (κ2) is 6.99. The molecule has 5 heteroatoms.